The van der Waals surface area contributed by atoms with Gasteiger partial charge in [0.05, 0.1) is 0 Å². The predicted molar refractivity (Wildman–Crippen MR) is 88.5 cm³/mol. The van der Waals surface area contributed by atoms with Crippen LogP contribution in [0.3, 0.4) is 0 Å². The highest BCUT2D eigenvalue weighted by Gasteiger charge is 2.36. The molecule has 3 rings (SSSR count). The lowest BCUT2D eigenvalue weighted by molar-refractivity contribution is 0.265. The van der Waals surface area contributed by atoms with Gasteiger partial charge in [-0.3, -0.25) is 4.99 Å². The molecule has 2 heterocycles. The van der Waals surface area contributed by atoms with Crippen molar-refractivity contribution in [2.45, 2.75) is 52.0 Å². The van der Waals surface area contributed by atoms with Crippen LogP contribution in [0.2, 0.25) is 0 Å². The molecule has 114 valence electrons. The minimum absolute atomic E-state index is 0.567. The number of nitrogens with zero attached hydrogens (tertiary/aromatic N) is 2. The van der Waals surface area contributed by atoms with Crippen LogP contribution in [0.25, 0.3) is 0 Å². The first-order valence-corrected chi connectivity index (χ1v) is 9.31. The molecule has 2 aliphatic heterocycles. The third-order valence-corrected chi connectivity index (χ3v) is 6.63. The second-order valence-corrected chi connectivity index (χ2v) is 8.21. The first kappa shape index (κ1) is 14.7. The Morgan fingerprint density at radius 1 is 1.40 bits per heavy atom. The van der Waals surface area contributed by atoms with Crippen molar-refractivity contribution in [1.29, 1.82) is 0 Å². The zero-order chi connectivity index (χ0) is 14.0. The van der Waals surface area contributed by atoms with E-state index in [-0.39, 0.29) is 0 Å². The SMILES string of the molecule is CC(C)N1CCC(CNC2=NCC3(CCCC3)CS2)C1. The predicted octanol–water partition coefficient (Wildman–Crippen LogP) is 2.97. The van der Waals surface area contributed by atoms with Crippen LogP contribution in [0.4, 0.5) is 0 Å². The highest BCUT2D eigenvalue weighted by atomic mass is 32.2. The fraction of sp³-hybridized carbons (Fsp3) is 0.938. The van der Waals surface area contributed by atoms with Crippen LogP contribution in [-0.4, -0.2) is 48.0 Å². The molecule has 3 nitrogen and oxygen atoms in total. The highest BCUT2D eigenvalue weighted by molar-refractivity contribution is 8.13. The Morgan fingerprint density at radius 3 is 2.80 bits per heavy atom. The number of aliphatic imine (C=N–C) groups is 1. The molecule has 4 heteroatoms. The molecular formula is C16H29N3S. The maximum Gasteiger partial charge on any atom is 0.156 e. The molecule has 0 aromatic rings. The van der Waals surface area contributed by atoms with Crippen LogP contribution < -0.4 is 5.32 Å². The summed E-state index contributed by atoms with van der Waals surface area (Å²) in [5, 5.41) is 4.83. The van der Waals surface area contributed by atoms with Crippen LogP contribution in [-0.2, 0) is 0 Å². The first-order valence-electron chi connectivity index (χ1n) is 8.32. The van der Waals surface area contributed by atoms with E-state index in [1.807, 2.05) is 11.8 Å². The Labute approximate surface area is 128 Å². The van der Waals surface area contributed by atoms with Crippen molar-refractivity contribution in [3.63, 3.8) is 0 Å². The topological polar surface area (TPSA) is 27.6 Å². The largest absolute Gasteiger partial charge is 0.365 e. The smallest absolute Gasteiger partial charge is 0.156 e. The third kappa shape index (κ3) is 3.33. The average molecular weight is 295 g/mol. The van der Waals surface area contributed by atoms with Gasteiger partial charge in [0.1, 0.15) is 0 Å². The molecule has 1 saturated carbocycles. The van der Waals surface area contributed by atoms with E-state index in [0.717, 1.165) is 19.0 Å². The number of nitrogens with one attached hydrogen (secondary N) is 1. The monoisotopic (exact) mass is 295 g/mol. The second kappa shape index (κ2) is 6.27. The molecule has 1 spiro atoms. The van der Waals surface area contributed by atoms with Gasteiger partial charge in [0.15, 0.2) is 5.17 Å². The van der Waals surface area contributed by atoms with Gasteiger partial charge in [0, 0.05) is 31.4 Å². The maximum atomic E-state index is 4.83. The summed E-state index contributed by atoms with van der Waals surface area (Å²) < 4.78 is 0. The van der Waals surface area contributed by atoms with Crippen molar-refractivity contribution in [3.8, 4) is 0 Å². The van der Waals surface area contributed by atoms with Gasteiger partial charge in [-0.25, -0.2) is 0 Å². The Kier molecular flexibility index (Phi) is 4.61. The lowest BCUT2D eigenvalue weighted by Gasteiger charge is -2.31. The van der Waals surface area contributed by atoms with Crippen LogP contribution in [0.5, 0.6) is 0 Å². The van der Waals surface area contributed by atoms with E-state index < -0.39 is 0 Å². The van der Waals surface area contributed by atoms with Crippen molar-refractivity contribution in [2.24, 2.45) is 16.3 Å². The van der Waals surface area contributed by atoms with Gasteiger partial charge in [-0.1, -0.05) is 24.6 Å². The average Bonchev–Trinajstić information content (AvgIpc) is 3.08. The lowest BCUT2D eigenvalue weighted by atomic mass is 9.89. The van der Waals surface area contributed by atoms with E-state index in [1.165, 1.54) is 56.1 Å². The zero-order valence-electron chi connectivity index (χ0n) is 13.0. The molecule has 0 bridgehead atoms. The van der Waals surface area contributed by atoms with E-state index in [1.54, 1.807) is 0 Å². The van der Waals surface area contributed by atoms with Gasteiger partial charge in [-0.05, 0) is 51.0 Å². The van der Waals surface area contributed by atoms with E-state index >= 15 is 0 Å². The molecule has 1 unspecified atom stereocenters. The summed E-state index contributed by atoms with van der Waals surface area (Å²) in [5.41, 5.74) is 0.567. The summed E-state index contributed by atoms with van der Waals surface area (Å²) in [6.07, 6.45) is 7.00. The van der Waals surface area contributed by atoms with Crippen molar-refractivity contribution in [3.05, 3.63) is 0 Å². The normalized spacial score (nSPS) is 30.1. The molecule has 0 aromatic heterocycles. The molecule has 3 aliphatic rings. The summed E-state index contributed by atoms with van der Waals surface area (Å²) in [4.78, 5) is 7.43. The van der Waals surface area contributed by atoms with E-state index in [0.29, 0.717) is 11.5 Å². The molecule has 1 aliphatic carbocycles. The van der Waals surface area contributed by atoms with Crippen LogP contribution in [0.15, 0.2) is 4.99 Å². The Hall–Kier alpha value is -0.220. The summed E-state index contributed by atoms with van der Waals surface area (Å²) >= 11 is 1.98. The Balaban J connectivity index is 1.42. The number of rotatable bonds is 3. The number of thioether (sulfide) groups is 1. The van der Waals surface area contributed by atoms with Gasteiger partial charge in [0.25, 0.3) is 0 Å². The molecule has 1 saturated heterocycles. The van der Waals surface area contributed by atoms with E-state index in [2.05, 4.69) is 24.1 Å². The molecule has 1 N–H and O–H groups in total. The second-order valence-electron chi connectivity index (χ2n) is 7.24. The van der Waals surface area contributed by atoms with Crippen LogP contribution >= 0.6 is 11.8 Å². The van der Waals surface area contributed by atoms with E-state index in [9.17, 15) is 0 Å². The molecule has 0 aromatic carbocycles. The summed E-state index contributed by atoms with van der Waals surface area (Å²) in [6.45, 7) is 9.32. The number of likely N-dealkylation sites (tertiary alicyclic amines) is 1. The van der Waals surface area contributed by atoms with Gasteiger partial charge >= 0.3 is 0 Å². The molecule has 2 fully saturated rings. The molecule has 20 heavy (non-hydrogen) atoms. The van der Waals surface area contributed by atoms with Gasteiger partial charge in [0.2, 0.25) is 0 Å². The Morgan fingerprint density at radius 2 is 2.20 bits per heavy atom. The number of amidine groups is 1. The summed E-state index contributed by atoms with van der Waals surface area (Å²) in [6, 6.07) is 0.698. The van der Waals surface area contributed by atoms with Gasteiger partial charge < -0.3 is 10.2 Å². The Bertz CT molecular complexity index is 361. The lowest BCUT2D eigenvalue weighted by Crippen LogP contribution is -2.36. The molecular weight excluding hydrogens is 266 g/mol. The maximum absolute atomic E-state index is 4.83. The fourth-order valence-electron chi connectivity index (χ4n) is 3.82. The van der Waals surface area contributed by atoms with Crippen molar-refractivity contribution in [2.75, 3.05) is 31.9 Å². The van der Waals surface area contributed by atoms with Gasteiger partial charge in [-0.2, -0.15) is 0 Å². The zero-order valence-corrected chi connectivity index (χ0v) is 13.8. The molecule has 0 amide bonds. The summed E-state index contributed by atoms with van der Waals surface area (Å²) in [7, 11) is 0. The summed E-state index contributed by atoms with van der Waals surface area (Å²) in [5.74, 6) is 2.10. The minimum atomic E-state index is 0.567. The van der Waals surface area contributed by atoms with E-state index in [4.69, 9.17) is 4.99 Å². The third-order valence-electron chi connectivity index (χ3n) is 5.33. The van der Waals surface area contributed by atoms with Crippen LogP contribution in [0.1, 0.15) is 46.0 Å². The fourth-order valence-corrected chi connectivity index (χ4v) is 4.98. The standard InChI is InChI=1S/C16H29N3S/c1-13(2)19-8-5-14(10-19)9-17-15-18-11-16(12-20-15)6-3-4-7-16/h13-14H,3-12H2,1-2H3,(H,17,18). The number of hydrogen-bond donors (Lipinski definition) is 1. The quantitative estimate of drug-likeness (QED) is 0.867. The molecule has 1 atom stereocenters. The van der Waals surface area contributed by atoms with Crippen molar-refractivity contribution >= 4 is 16.9 Å². The van der Waals surface area contributed by atoms with Crippen LogP contribution in [0, 0.1) is 11.3 Å². The highest BCUT2D eigenvalue weighted by Crippen LogP contribution is 2.43. The number of hydrogen-bond acceptors (Lipinski definition) is 4. The van der Waals surface area contributed by atoms with Gasteiger partial charge in [-0.15, -0.1) is 0 Å². The first-order chi connectivity index (χ1) is 9.67. The molecule has 0 radical (unpaired) electrons. The van der Waals surface area contributed by atoms with Crippen molar-refractivity contribution in [1.82, 2.24) is 10.2 Å². The van der Waals surface area contributed by atoms with Crippen molar-refractivity contribution < 1.29 is 0 Å². The minimum Gasteiger partial charge on any atom is -0.365 e.